The summed E-state index contributed by atoms with van der Waals surface area (Å²) in [6.07, 6.45) is 0. The van der Waals surface area contributed by atoms with Gasteiger partial charge in [0.2, 0.25) is 0 Å². The van der Waals surface area contributed by atoms with E-state index in [1.165, 1.54) is 5.56 Å². The standard InChI is InChI=1S/C15H14BrClO/c1-11-6-7-15(13(8-11)9-16)18-10-12-4-2-3-5-14(12)17/h2-8H,9-10H2,1H3. The lowest BCUT2D eigenvalue weighted by molar-refractivity contribution is 0.304. The highest BCUT2D eigenvalue weighted by Crippen LogP contribution is 2.24. The van der Waals surface area contributed by atoms with E-state index in [0.717, 1.165) is 27.2 Å². The maximum absolute atomic E-state index is 6.10. The molecule has 0 aliphatic carbocycles. The normalized spacial score (nSPS) is 10.4. The number of hydrogen-bond acceptors (Lipinski definition) is 1. The van der Waals surface area contributed by atoms with Crippen molar-refractivity contribution in [1.29, 1.82) is 0 Å². The fourth-order valence-corrected chi connectivity index (χ4v) is 2.35. The maximum Gasteiger partial charge on any atom is 0.123 e. The Balaban J connectivity index is 2.13. The first-order valence-corrected chi connectivity index (χ1v) is 7.22. The van der Waals surface area contributed by atoms with Crippen LogP contribution >= 0.6 is 27.5 Å². The van der Waals surface area contributed by atoms with Gasteiger partial charge in [-0.05, 0) is 19.1 Å². The molecule has 0 unspecified atom stereocenters. The first kappa shape index (κ1) is 13.4. The zero-order valence-corrected chi connectivity index (χ0v) is 12.5. The van der Waals surface area contributed by atoms with Gasteiger partial charge >= 0.3 is 0 Å². The molecule has 0 bridgehead atoms. The number of ether oxygens (including phenoxy) is 1. The minimum atomic E-state index is 0.489. The summed E-state index contributed by atoms with van der Waals surface area (Å²) in [6, 6.07) is 13.9. The largest absolute Gasteiger partial charge is 0.489 e. The molecule has 0 atom stereocenters. The van der Waals surface area contributed by atoms with Crippen molar-refractivity contribution in [2.45, 2.75) is 18.9 Å². The van der Waals surface area contributed by atoms with Crippen LogP contribution in [0.15, 0.2) is 42.5 Å². The van der Waals surface area contributed by atoms with E-state index in [1.807, 2.05) is 36.4 Å². The fraction of sp³-hybridized carbons (Fsp3) is 0.200. The summed E-state index contributed by atoms with van der Waals surface area (Å²) >= 11 is 9.58. The zero-order valence-electron chi connectivity index (χ0n) is 10.1. The van der Waals surface area contributed by atoms with Crippen molar-refractivity contribution in [2.75, 3.05) is 0 Å². The summed E-state index contributed by atoms with van der Waals surface area (Å²) < 4.78 is 5.84. The Morgan fingerprint density at radius 3 is 2.61 bits per heavy atom. The molecule has 3 heteroatoms. The maximum atomic E-state index is 6.10. The van der Waals surface area contributed by atoms with Crippen LogP contribution in [0.5, 0.6) is 5.75 Å². The molecule has 0 heterocycles. The van der Waals surface area contributed by atoms with Crippen LogP contribution in [0.2, 0.25) is 5.02 Å². The molecule has 2 aromatic rings. The van der Waals surface area contributed by atoms with Crippen molar-refractivity contribution in [3.8, 4) is 5.75 Å². The van der Waals surface area contributed by atoms with Gasteiger partial charge in [0.05, 0.1) is 0 Å². The molecule has 0 spiro atoms. The van der Waals surface area contributed by atoms with Crippen LogP contribution < -0.4 is 4.74 Å². The monoisotopic (exact) mass is 324 g/mol. The van der Waals surface area contributed by atoms with Crippen LogP contribution in [0, 0.1) is 6.92 Å². The van der Waals surface area contributed by atoms with Gasteiger partial charge in [-0.1, -0.05) is 63.4 Å². The van der Waals surface area contributed by atoms with Gasteiger partial charge in [0.15, 0.2) is 0 Å². The molecule has 0 amide bonds. The van der Waals surface area contributed by atoms with E-state index in [9.17, 15) is 0 Å². The number of halogens is 2. The first-order chi connectivity index (χ1) is 8.70. The third kappa shape index (κ3) is 3.27. The van der Waals surface area contributed by atoms with Crippen LogP contribution in [-0.4, -0.2) is 0 Å². The summed E-state index contributed by atoms with van der Waals surface area (Å²) in [7, 11) is 0. The van der Waals surface area contributed by atoms with Gasteiger partial charge in [0.25, 0.3) is 0 Å². The average Bonchev–Trinajstić information content (AvgIpc) is 2.39. The van der Waals surface area contributed by atoms with Gasteiger partial charge in [0.1, 0.15) is 12.4 Å². The number of hydrogen-bond donors (Lipinski definition) is 0. The SMILES string of the molecule is Cc1ccc(OCc2ccccc2Cl)c(CBr)c1. The Kier molecular flexibility index (Phi) is 4.67. The van der Waals surface area contributed by atoms with Crippen LogP contribution in [0.25, 0.3) is 0 Å². The molecule has 0 radical (unpaired) electrons. The van der Waals surface area contributed by atoms with E-state index < -0.39 is 0 Å². The lowest BCUT2D eigenvalue weighted by Crippen LogP contribution is -1.98. The Bertz CT molecular complexity index is 540. The number of alkyl halides is 1. The zero-order chi connectivity index (χ0) is 13.0. The Hall–Kier alpha value is -0.990. The molecule has 0 saturated heterocycles. The van der Waals surface area contributed by atoms with Crippen molar-refractivity contribution in [1.82, 2.24) is 0 Å². The molecule has 0 fully saturated rings. The first-order valence-electron chi connectivity index (χ1n) is 5.72. The van der Waals surface area contributed by atoms with Crippen molar-refractivity contribution < 1.29 is 4.74 Å². The van der Waals surface area contributed by atoms with E-state index in [-0.39, 0.29) is 0 Å². The van der Waals surface area contributed by atoms with Gasteiger partial charge < -0.3 is 4.74 Å². The summed E-state index contributed by atoms with van der Waals surface area (Å²) in [4.78, 5) is 0. The second kappa shape index (κ2) is 6.26. The molecule has 0 aliphatic heterocycles. The Morgan fingerprint density at radius 1 is 1.11 bits per heavy atom. The highest BCUT2D eigenvalue weighted by Gasteiger charge is 2.05. The minimum absolute atomic E-state index is 0.489. The highest BCUT2D eigenvalue weighted by atomic mass is 79.9. The van der Waals surface area contributed by atoms with Crippen molar-refractivity contribution in [2.24, 2.45) is 0 Å². The lowest BCUT2D eigenvalue weighted by atomic mass is 10.1. The molecule has 94 valence electrons. The van der Waals surface area contributed by atoms with Crippen LogP contribution in [0.4, 0.5) is 0 Å². The summed E-state index contributed by atoms with van der Waals surface area (Å²) in [5, 5.41) is 1.53. The molecule has 2 aromatic carbocycles. The predicted molar refractivity (Wildman–Crippen MR) is 79.6 cm³/mol. The minimum Gasteiger partial charge on any atom is -0.489 e. The summed E-state index contributed by atoms with van der Waals surface area (Å²) in [5.74, 6) is 0.900. The lowest BCUT2D eigenvalue weighted by Gasteiger charge is -2.11. The third-order valence-corrected chi connectivity index (χ3v) is 3.67. The third-order valence-electron chi connectivity index (χ3n) is 2.70. The quantitative estimate of drug-likeness (QED) is 0.709. The van der Waals surface area contributed by atoms with Crippen molar-refractivity contribution in [3.05, 3.63) is 64.2 Å². The molecule has 1 nitrogen and oxygen atoms in total. The fourth-order valence-electron chi connectivity index (χ4n) is 1.72. The van der Waals surface area contributed by atoms with Crippen molar-refractivity contribution >= 4 is 27.5 Å². The number of aryl methyl sites for hydroxylation is 1. The van der Waals surface area contributed by atoms with Gasteiger partial charge in [-0.25, -0.2) is 0 Å². The molecular formula is C15H14BrClO. The second-order valence-electron chi connectivity index (χ2n) is 4.12. The van der Waals surface area contributed by atoms with E-state index >= 15 is 0 Å². The Morgan fingerprint density at radius 2 is 1.89 bits per heavy atom. The molecule has 0 N–H and O–H groups in total. The van der Waals surface area contributed by atoms with Crippen LogP contribution in [-0.2, 0) is 11.9 Å². The molecule has 0 saturated carbocycles. The molecular weight excluding hydrogens is 312 g/mol. The van der Waals surface area contributed by atoms with Crippen LogP contribution in [0.3, 0.4) is 0 Å². The van der Waals surface area contributed by atoms with E-state index in [1.54, 1.807) is 0 Å². The van der Waals surface area contributed by atoms with Gasteiger partial charge in [0, 0.05) is 21.5 Å². The second-order valence-corrected chi connectivity index (χ2v) is 5.09. The molecule has 18 heavy (non-hydrogen) atoms. The van der Waals surface area contributed by atoms with Gasteiger partial charge in [-0.2, -0.15) is 0 Å². The highest BCUT2D eigenvalue weighted by molar-refractivity contribution is 9.08. The smallest absolute Gasteiger partial charge is 0.123 e. The number of rotatable bonds is 4. The Labute approximate surface area is 121 Å². The van der Waals surface area contributed by atoms with Crippen molar-refractivity contribution in [3.63, 3.8) is 0 Å². The van der Waals surface area contributed by atoms with Crippen LogP contribution in [0.1, 0.15) is 16.7 Å². The summed E-state index contributed by atoms with van der Waals surface area (Å²) in [6.45, 7) is 2.56. The van der Waals surface area contributed by atoms with E-state index in [4.69, 9.17) is 16.3 Å². The molecule has 0 aromatic heterocycles. The predicted octanol–water partition coefficient (Wildman–Crippen LogP) is 5.12. The van der Waals surface area contributed by atoms with Gasteiger partial charge in [-0.3, -0.25) is 0 Å². The van der Waals surface area contributed by atoms with E-state index in [0.29, 0.717) is 6.61 Å². The molecule has 2 rings (SSSR count). The topological polar surface area (TPSA) is 9.23 Å². The van der Waals surface area contributed by atoms with E-state index in [2.05, 4.69) is 28.9 Å². The average molecular weight is 326 g/mol. The summed E-state index contributed by atoms with van der Waals surface area (Å²) in [5.41, 5.74) is 3.39. The molecule has 0 aliphatic rings. The van der Waals surface area contributed by atoms with Gasteiger partial charge in [-0.15, -0.1) is 0 Å². The number of benzene rings is 2.